The zero-order valence-electron chi connectivity index (χ0n) is 13.9. The number of rotatable bonds is 6. The second-order valence-electron chi connectivity index (χ2n) is 5.35. The topological polar surface area (TPSA) is 50.4 Å². The van der Waals surface area contributed by atoms with Crippen molar-refractivity contribution < 1.29 is 9.53 Å². The van der Waals surface area contributed by atoms with Crippen LogP contribution in [0.4, 0.5) is 5.69 Å². The van der Waals surface area contributed by atoms with Crippen LogP contribution >= 0.6 is 47.0 Å². The lowest BCUT2D eigenvalue weighted by Gasteiger charge is -2.14. The maximum atomic E-state index is 12.5. The van der Waals surface area contributed by atoms with Crippen LogP contribution in [0.5, 0.6) is 5.75 Å². The van der Waals surface area contributed by atoms with Crippen molar-refractivity contribution in [1.29, 1.82) is 0 Å². The average molecular weight is 432 g/mol. The van der Waals surface area contributed by atoms with Crippen molar-refractivity contribution in [2.45, 2.75) is 19.8 Å². The Kier molecular flexibility index (Phi) is 7.97. The summed E-state index contributed by atoms with van der Waals surface area (Å²) in [6.07, 6.45) is 1.92. The highest BCUT2D eigenvalue weighted by atomic mass is 35.5. The summed E-state index contributed by atoms with van der Waals surface area (Å²) in [5.74, 6) is 0.125. The van der Waals surface area contributed by atoms with E-state index in [4.69, 9.17) is 51.8 Å². The van der Waals surface area contributed by atoms with Gasteiger partial charge >= 0.3 is 0 Å². The normalized spacial score (nSPS) is 10.3. The van der Waals surface area contributed by atoms with Gasteiger partial charge in [0.05, 0.1) is 32.9 Å². The van der Waals surface area contributed by atoms with Crippen LogP contribution in [0.3, 0.4) is 0 Å². The number of para-hydroxylation sites is 1. The Morgan fingerprint density at radius 2 is 1.81 bits per heavy atom. The van der Waals surface area contributed by atoms with Crippen LogP contribution in [-0.4, -0.2) is 17.6 Å². The quantitative estimate of drug-likeness (QED) is 0.337. The van der Waals surface area contributed by atoms with E-state index in [1.807, 2.05) is 6.07 Å². The number of thiocarbonyl (C=S) groups is 1. The predicted octanol–water partition coefficient (Wildman–Crippen LogP) is 5.95. The number of amides is 1. The number of benzene rings is 2. The summed E-state index contributed by atoms with van der Waals surface area (Å²) in [6, 6.07) is 10.0. The van der Waals surface area contributed by atoms with Crippen LogP contribution in [0.15, 0.2) is 36.4 Å². The first-order chi connectivity index (χ1) is 12.4. The van der Waals surface area contributed by atoms with E-state index in [1.165, 1.54) is 12.1 Å². The number of halogens is 3. The molecule has 0 fully saturated rings. The Morgan fingerprint density at radius 1 is 1.12 bits per heavy atom. The third kappa shape index (κ3) is 5.74. The Hall–Kier alpha value is -1.53. The first kappa shape index (κ1) is 20.8. The molecule has 0 heterocycles. The van der Waals surface area contributed by atoms with Gasteiger partial charge in [-0.25, -0.2) is 0 Å². The molecule has 1 amide bonds. The van der Waals surface area contributed by atoms with E-state index in [1.54, 1.807) is 18.2 Å². The van der Waals surface area contributed by atoms with Crippen molar-refractivity contribution in [2.24, 2.45) is 0 Å². The van der Waals surface area contributed by atoms with Gasteiger partial charge < -0.3 is 10.1 Å². The number of carbonyl (C=O) groups is 1. The van der Waals surface area contributed by atoms with Crippen LogP contribution in [0.25, 0.3) is 0 Å². The van der Waals surface area contributed by atoms with Crippen LogP contribution in [0.1, 0.15) is 30.1 Å². The van der Waals surface area contributed by atoms with E-state index in [-0.39, 0.29) is 11.0 Å². The molecule has 0 radical (unpaired) electrons. The van der Waals surface area contributed by atoms with Gasteiger partial charge in [0.15, 0.2) is 5.11 Å². The molecule has 2 N–H and O–H groups in total. The summed E-state index contributed by atoms with van der Waals surface area (Å²) >= 11 is 23.1. The van der Waals surface area contributed by atoms with Crippen molar-refractivity contribution >= 4 is 63.7 Å². The molecule has 2 rings (SSSR count). The minimum absolute atomic E-state index is 0.0821. The Balaban J connectivity index is 2.06. The highest BCUT2D eigenvalue weighted by Gasteiger charge is 2.14. The number of nitrogens with one attached hydrogen (secondary N) is 2. The Labute approximate surface area is 172 Å². The number of unbranched alkanes of at least 4 members (excludes halogenated alkanes) is 1. The minimum atomic E-state index is -0.384. The smallest absolute Gasteiger partial charge is 0.261 e. The van der Waals surface area contributed by atoms with E-state index < -0.39 is 0 Å². The van der Waals surface area contributed by atoms with Gasteiger partial charge in [0.1, 0.15) is 5.75 Å². The van der Waals surface area contributed by atoms with E-state index in [0.29, 0.717) is 38.7 Å². The molecule has 0 aromatic heterocycles. The molecule has 0 unspecified atom stereocenters. The minimum Gasteiger partial charge on any atom is -0.493 e. The third-order valence-corrected chi connectivity index (χ3v) is 4.61. The molecule has 0 aliphatic heterocycles. The highest BCUT2D eigenvalue weighted by molar-refractivity contribution is 7.80. The van der Waals surface area contributed by atoms with Crippen molar-refractivity contribution in [3.63, 3.8) is 0 Å². The summed E-state index contributed by atoms with van der Waals surface area (Å²) in [6.45, 7) is 2.61. The van der Waals surface area contributed by atoms with Gasteiger partial charge in [-0.05, 0) is 42.9 Å². The molecule has 4 nitrogen and oxygen atoms in total. The largest absolute Gasteiger partial charge is 0.493 e. The van der Waals surface area contributed by atoms with Crippen LogP contribution < -0.4 is 15.4 Å². The SMILES string of the molecule is CCCCOc1ccccc1C(=O)NC(=S)Nc1cc(Cl)c(Cl)cc1Cl. The number of hydrogen-bond donors (Lipinski definition) is 2. The van der Waals surface area contributed by atoms with Gasteiger partial charge in [0, 0.05) is 0 Å². The van der Waals surface area contributed by atoms with Gasteiger partial charge in [0.2, 0.25) is 0 Å². The van der Waals surface area contributed by atoms with E-state index in [0.717, 1.165) is 12.8 Å². The fraction of sp³-hybridized carbons (Fsp3) is 0.222. The lowest BCUT2D eigenvalue weighted by atomic mass is 10.2. The second kappa shape index (κ2) is 9.97. The highest BCUT2D eigenvalue weighted by Crippen LogP contribution is 2.32. The lowest BCUT2D eigenvalue weighted by Crippen LogP contribution is -2.34. The van der Waals surface area contributed by atoms with Gasteiger partial charge in [-0.1, -0.05) is 60.3 Å². The molecule has 0 saturated carbocycles. The fourth-order valence-corrected chi connectivity index (χ4v) is 2.85. The monoisotopic (exact) mass is 430 g/mol. The van der Waals surface area contributed by atoms with E-state index in [9.17, 15) is 4.79 Å². The number of ether oxygens (including phenoxy) is 1. The molecular formula is C18H17Cl3N2O2S. The fourth-order valence-electron chi connectivity index (χ4n) is 2.05. The zero-order valence-corrected chi connectivity index (χ0v) is 17.0. The van der Waals surface area contributed by atoms with Crippen molar-refractivity contribution in [1.82, 2.24) is 5.32 Å². The molecule has 138 valence electrons. The molecular weight excluding hydrogens is 415 g/mol. The lowest BCUT2D eigenvalue weighted by molar-refractivity contribution is 0.0973. The standard InChI is InChI=1S/C18H17Cl3N2O2S/c1-2-3-8-25-16-7-5-4-6-11(16)17(24)23-18(26)22-15-10-13(20)12(19)9-14(15)21/h4-7,9-10H,2-3,8H2,1H3,(H2,22,23,24,26). The van der Waals surface area contributed by atoms with E-state index in [2.05, 4.69) is 17.6 Å². The maximum Gasteiger partial charge on any atom is 0.261 e. The third-order valence-electron chi connectivity index (χ3n) is 3.37. The van der Waals surface area contributed by atoms with Gasteiger partial charge in [-0.3, -0.25) is 10.1 Å². The molecule has 2 aromatic rings. The second-order valence-corrected chi connectivity index (χ2v) is 6.98. The molecule has 2 aromatic carbocycles. The Bertz CT molecular complexity index is 815. The van der Waals surface area contributed by atoms with Gasteiger partial charge in [0.25, 0.3) is 5.91 Å². The molecule has 0 saturated heterocycles. The first-order valence-corrected chi connectivity index (χ1v) is 9.45. The van der Waals surface area contributed by atoms with Gasteiger partial charge in [-0.2, -0.15) is 0 Å². The average Bonchev–Trinajstić information content (AvgIpc) is 2.60. The first-order valence-electron chi connectivity index (χ1n) is 7.91. The molecule has 0 spiro atoms. The van der Waals surface area contributed by atoms with Crippen LogP contribution in [0.2, 0.25) is 15.1 Å². The van der Waals surface area contributed by atoms with Crippen LogP contribution in [0, 0.1) is 0 Å². The number of anilines is 1. The number of hydrogen-bond acceptors (Lipinski definition) is 3. The molecule has 26 heavy (non-hydrogen) atoms. The number of carbonyl (C=O) groups excluding carboxylic acids is 1. The molecule has 0 bridgehead atoms. The van der Waals surface area contributed by atoms with Crippen molar-refractivity contribution in [2.75, 3.05) is 11.9 Å². The van der Waals surface area contributed by atoms with E-state index >= 15 is 0 Å². The zero-order chi connectivity index (χ0) is 19.1. The molecule has 0 aliphatic carbocycles. The Morgan fingerprint density at radius 3 is 2.54 bits per heavy atom. The summed E-state index contributed by atoms with van der Waals surface area (Å²) < 4.78 is 5.67. The van der Waals surface area contributed by atoms with Crippen LogP contribution in [-0.2, 0) is 0 Å². The summed E-state index contributed by atoms with van der Waals surface area (Å²) in [4.78, 5) is 12.5. The summed E-state index contributed by atoms with van der Waals surface area (Å²) in [5, 5.41) is 6.50. The summed E-state index contributed by atoms with van der Waals surface area (Å²) in [5.41, 5.74) is 0.840. The molecule has 0 aliphatic rings. The molecule has 8 heteroatoms. The predicted molar refractivity (Wildman–Crippen MR) is 112 cm³/mol. The van der Waals surface area contributed by atoms with Crippen molar-refractivity contribution in [3.05, 3.63) is 57.0 Å². The summed E-state index contributed by atoms with van der Waals surface area (Å²) in [7, 11) is 0. The van der Waals surface area contributed by atoms with Gasteiger partial charge in [-0.15, -0.1) is 0 Å². The molecule has 0 atom stereocenters. The van der Waals surface area contributed by atoms with Crippen molar-refractivity contribution in [3.8, 4) is 5.75 Å². The maximum absolute atomic E-state index is 12.5.